The van der Waals surface area contributed by atoms with Crippen LogP contribution >= 0.6 is 0 Å². The zero-order valence-electron chi connectivity index (χ0n) is 84.1. The van der Waals surface area contributed by atoms with Gasteiger partial charge in [0.2, 0.25) is 0 Å². The van der Waals surface area contributed by atoms with Crippen molar-refractivity contribution < 1.29 is 27.7 Å². The first-order chi connectivity index (χ1) is 73.2. The maximum Gasteiger partial charge on any atom is 0.294 e. The number of nitrogens with zero attached hydrogens (tertiary/aromatic N) is 13. The first kappa shape index (κ1) is 87.9. The molecule has 1 aliphatic heterocycles. The van der Waals surface area contributed by atoms with Crippen molar-refractivity contribution in [3.8, 4) is 84.8 Å². The second kappa shape index (κ2) is 34.7. The number of aryl methyl sites for hydroxylation is 5. The van der Waals surface area contributed by atoms with Gasteiger partial charge in [-0.2, -0.15) is 9.13 Å². The SMILES string of the molecule is C[n+]1ccc(-c2ccc3c(c2)c2ccc4c5cc(-c6n(-c7ccccc7)c7ccccc7[n+]6C)ccc5n(-c5ccccc5)c4c2n3-c2ccccc2)cc1.C[n+]1ccc(-n2c3ccc(C4N(c5ccccc5)c5ccccc5[NH+]4C)cc3c3cc4c(cc32)C(C)(C)c2ccccc2-4)cc1.C[n+]1ccc(-n2c3ccccc3c3cc4c(cc32)c2ccccc2n4-c2ccc(-c3n(-c4ccccc4)c4ccccc4[n+]3C)cc2)cc1. The molecule has 0 bridgehead atoms. The molecule has 14 heteroatoms. The van der Waals surface area contributed by atoms with E-state index in [1.165, 1.54) is 198 Å². The van der Waals surface area contributed by atoms with E-state index in [1.54, 1.807) is 0 Å². The van der Waals surface area contributed by atoms with Crippen LogP contribution in [0.1, 0.15) is 36.7 Å². The average Bonchev–Trinajstić information content (AvgIpc) is 1.54. The third-order valence-corrected chi connectivity index (χ3v) is 31.7. The summed E-state index contributed by atoms with van der Waals surface area (Å²) in [6, 6.07) is 164. The largest absolute Gasteiger partial charge is 0.309 e. The fourth-order valence-corrected chi connectivity index (χ4v) is 24.7. The summed E-state index contributed by atoms with van der Waals surface area (Å²) >= 11 is 0. The Balaban J connectivity index is 0.000000108. The Kier molecular flexibility index (Phi) is 20.5. The van der Waals surface area contributed by atoms with E-state index >= 15 is 0 Å². The Bertz CT molecular complexity index is 10200. The van der Waals surface area contributed by atoms with Gasteiger partial charge in [0.25, 0.3) is 11.6 Å². The Morgan fingerprint density at radius 1 is 0.228 bits per heavy atom. The van der Waals surface area contributed by atoms with E-state index < -0.39 is 0 Å². The molecule has 1 N–H and O–H groups in total. The van der Waals surface area contributed by atoms with Crippen molar-refractivity contribution in [1.29, 1.82) is 0 Å². The smallest absolute Gasteiger partial charge is 0.294 e. The van der Waals surface area contributed by atoms with Crippen LogP contribution in [0.4, 0.5) is 17.1 Å². The van der Waals surface area contributed by atoms with Gasteiger partial charge in [0.15, 0.2) is 71.1 Å². The van der Waals surface area contributed by atoms with Gasteiger partial charge < -0.3 is 22.8 Å². The third-order valence-electron chi connectivity index (χ3n) is 31.7. The Hall–Kier alpha value is -18.9. The van der Waals surface area contributed by atoms with Gasteiger partial charge >= 0.3 is 0 Å². The molecule has 1 aliphatic carbocycles. The summed E-state index contributed by atoms with van der Waals surface area (Å²) in [4.78, 5) is 3.89. The van der Waals surface area contributed by atoms with Crippen LogP contribution < -0.4 is 32.6 Å². The van der Waals surface area contributed by atoms with Crippen molar-refractivity contribution in [3.63, 3.8) is 0 Å². The molecule has 18 aromatic carbocycles. The lowest BCUT2D eigenvalue weighted by atomic mass is 9.82. The van der Waals surface area contributed by atoms with Crippen LogP contribution in [0.15, 0.2) is 486 Å². The number of aromatic nitrogens is 12. The first-order valence-corrected chi connectivity index (χ1v) is 51.4. The summed E-state index contributed by atoms with van der Waals surface area (Å²) in [5.74, 6) is 2.28. The van der Waals surface area contributed by atoms with E-state index in [9.17, 15) is 0 Å². The number of anilines is 2. The second-order valence-corrected chi connectivity index (χ2v) is 40.6. The minimum atomic E-state index is -0.0619. The predicted octanol–water partition coefficient (Wildman–Crippen LogP) is 27.9. The van der Waals surface area contributed by atoms with Crippen LogP contribution in [0.5, 0.6) is 0 Å². The molecule has 2 aliphatic rings. The van der Waals surface area contributed by atoms with Gasteiger partial charge in [0.1, 0.15) is 38.2 Å². The molecule has 0 spiro atoms. The highest BCUT2D eigenvalue weighted by molar-refractivity contribution is 6.25. The third kappa shape index (κ3) is 13.9. The molecular weight excluding hydrogens is 1820 g/mol. The summed E-state index contributed by atoms with van der Waals surface area (Å²) < 4.78 is 27.9. The maximum atomic E-state index is 2.51. The van der Waals surface area contributed by atoms with E-state index in [0.717, 1.165) is 56.9 Å². The molecule has 149 heavy (non-hydrogen) atoms. The number of nitrogens with one attached hydrogen (secondary N) is 1. The molecule has 30 rings (SSSR count). The molecule has 0 radical (unpaired) electrons. The molecule has 2 unspecified atom stereocenters. The normalized spacial score (nSPS) is 13.7. The van der Waals surface area contributed by atoms with Crippen LogP contribution in [0.2, 0.25) is 0 Å². The van der Waals surface area contributed by atoms with Crippen LogP contribution in [0.3, 0.4) is 0 Å². The predicted molar refractivity (Wildman–Crippen MR) is 609 cm³/mol. The number of para-hydroxylation sites is 13. The molecular formula is C135H106N14+6. The number of quaternary nitrogens is 1. The highest BCUT2D eigenvalue weighted by Gasteiger charge is 2.43. The molecule has 0 saturated heterocycles. The van der Waals surface area contributed by atoms with Crippen LogP contribution in [0.25, 0.3) is 216 Å². The molecule has 0 fully saturated rings. The molecule has 0 saturated carbocycles. The van der Waals surface area contributed by atoms with Crippen molar-refractivity contribution in [1.82, 2.24) is 32.0 Å². The van der Waals surface area contributed by atoms with Crippen LogP contribution in [-0.2, 0) is 40.7 Å². The number of fused-ring (bicyclic) bond motifs is 22. The zero-order chi connectivity index (χ0) is 99.7. The lowest BCUT2D eigenvalue weighted by Gasteiger charge is -2.27. The summed E-state index contributed by atoms with van der Waals surface area (Å²) in [5, 5.41) is 12.5. The number of hydrogen-bond acceptors (Lipinski definition) is 1. The number of pyridine rings is 3. The summed E-state index contributed by atoms with van der Waals surface area (Å²) in [5.41, 5.74) is 40.1. The van der Waals surface area contributed by atoms with E-state index in [4.69, 9.17) is 0 Å². The fourth-order valence-electron chi connectivity index (χ4n) is 24.7. The molecule has 14 nitrogen and oxygen atoms in total. The fraction of sp³-hybridized carbons (Fsp3) is 0.0741. The molecule has 710 valence electrons. The first-order valence-electron chi connectivity index (χ1n) is 51.4. The number of imidazole rings is 2. The van der Waals surface area contributed by atoms with Crippen LogP contribution in [0, 0.1) is 0 Å². The lowest BCUT2D eigenvalue weighted by molar-refractivity contribution is -0.837. The minimum Gasteiger partial charge on any atom is -0.309 e. The monoisotopic (exact) mass is 1920 g/mol. The lowest BCUT2D eigenvalue weighted by Crippen LogP contribution is -3.04. The van der Waals surface area contributed by atoms with Crippen molar-refractivity contribution in [2.75, 3.05) is 11.9 Å². The quantitative estimate of drug-likeness (QED) is 0.122. The van der Waals surface area contributed by atoms with Gasteiger partial charge in [-0.15, -0.1) is 0 Å². The highest BCUT2D eigenvalue weighted by atomic mass is 15.4. The summed E-state index contributed by atoms with van der Waals surface area (Å²) in [6.07, 6.45) is 12.8. The van der Waals surface area contributed by atoms with E-state index in [1.807, 2.05) is 0 Å². The number of benzene rings is 18. The molecule has 28 aromatic rings. The van der Waals surface area contributed by atoms with Gasteiger partial charge in [-0.3, -0.25) is 9.80 Å². The molecule has 0 amide bonds. The van der Waals surface area contributed by atoms with Crippen LogP contribution in [-0.4, -0.2) is 39.0 Å². The van der Waals surface area contributed by atoms with Gasteiger partial charge in [0, 0.05) is 130 Å². The highest BCUT2D eigenvalue weighted by Crippen LogP contribution is 2.53. The van der Waals surface area contributed by atoms with Crippen molar-refractivity contribution in [2.45, 2.75) is 25.4 Å². The molecule has 11 heterocycles. The molecule has 2 atom stereocenters. The van der Waals surface area contributed by atoms with Gasteiger partial charge in [-0.25, -0.2) is 22.8 Å². The van der Waals surface area contributed by atoms with Crippen molar-refractivity contribution in [3.05, 3.63) is 503 Å². The number of hydrogen-bond donors (Lipinski definition) is 1. The second-order valence-electron chi connectivity index (χ2n) is 40.6. The Labute approximate surface area is 862 Å². The van der Waals surface area contributed by atoms with E-state index in [2.05, 4.69) is 602 Å². The zero-order valence-corrected chi connectivity index (χ0v) is 84.1. The number of rotatable bonds is 12. The summed E-state index contributed by atoms with van der Waals surface area (Å²) in [6.45, 7) is 4.73. The van der Waals surface area contributed by atoms with E-state index in [-0.39, 0.29) is 11.6 Å². The van der Waals surface area contributed by atoms with Gasteiger partial charge in [-0.05, 0) is 234 Å². The van der Waals surface area contributed by atoms with E-state index in [0.29, 0.717) is 0 Å². The summed E-state index contributed by atoms with van der Waals surface area (Å²) in [7, 11) is 12.8. The average molecular weight is 1920 g/mol. The van der Waals surface area contributed by atoms with Crippen molar-refractivity contribution >= 4 is 148 Å². The topological polar surface area (TPSA) is 61.6 Å². The minimum absolute atomic E-state index is 0.0619. The maximum absolute atomic E-state index is 2.51. The van der Waals surface area contributed by atoms with Gasteiger partial charge in [-0.1, -0.05) is 220 Å². The molecule has 10 aromatic heterocycles. The van der Waals surface area contributed by atoms with Crippen molar-refractivity contribution in [2.24, 2.45) is 35.2 Å². The standard InChI is InChI=1S/C50H37N5.C44H33N5.C41H35N4/c1-51-30-28-34(29-31-51)35-22-26-44-42(32-35)40-24-25-41-43-33-36(50-52(2)46-20-12-13-21-47(46)55(50)39-18-10-5-11-19-39)23-27-45(43)54(38-16-8-4-9-17-38)49(41)48(40)53(44)37-14-6-3-7-15-37;1-45-26-24-33(25-27-45)48-39-17-9-7-15-35(39)37-28-42-36(29-43(37)48)34-14-6-8-16-38(34)47(42)32-22-20-30(21-23-32)44-46(2)40-18-10-11-19-41(40)49(44)31-12-4-3-5-13-31;1-41(2)34-15-9-8-14-30(34)31-25-33-32-24-27(18-19-36(32)44(39(33)26-35(31)41)29-20-22-42(3)23-21-29)40-43(4)37-16-10-11-17-38(37)45(40)28-12-6-5-7-13-28/h3-33H,1-2H3;3-29H,1-2H3;5-26,40H,1-4H3/q2*+2;+1/p+1. The van der Waals surface area contributed by atoms with Gasteiger partial charge in [0.05, 0.1) is 98.8 Å². The Morgan fingerprint density at radius 3 is 1.11 bits per heavy atom. The Morgan fingerprint density at radius 2 is 0.591 bits per heavy atom.